The number of ether oxygens (including phenoxy) is 1. The second-order valence-corrected chi connectivity index (χ2v) is 5.38. The molecule has 1 aromatic heterocycles. The third-order valence-corrected chi connectivity index (χ3v) is 3.48. The quantitative estimate of drug-likeness (QED) is 0.845. The summed E-state index contributed by atoms with van der Waals surface area (Å²) in [7, 11) is 0. The molecule has 1 atom stereocenters. The van der Waals surface area contributed by atoms with Crippen molar-refractivity contribution in [3.63, 3.8) is 0 Å². The molecule has 0 aliphatic heterocycles. The normalized spacial score (nSPS) is 12.4. The van der Waals surface area contributed by atoms with Gasteiger partial charge in [-0.15, -0.1) is 0 Å². The summed E-state index contributed by atoms with van der Waals surface area (Å²) in [5.74, 6) is 0.790. The molecule has 1 N–H and O–H groups in total. The SMILES string of the molecule is CCCNC(C)c1cc(Cl)ccc1OCc1nonc1C. The highest BCUT2D eigenvalue weighted by atomic mass is 35.5. The molecule has 6 heteroatoms. The molecule has 114 valence electrons. The van der Waals surface area contributed by atoms with Crippen LogP contribution < -0.4 is 10.1 Å². The second-order valence-electron chi connectivity index (χ2n) is 4.94. The smallest absolute Gasteiger partial charge is 0.145 e. The Kier molecular flexibility index (Phi) is 5.59. The monoisotopic (exact) mass is 309 g/mol. The first-order valence-electron chi connectivity index (χ1n) is 7.05. The Morgan fingerprint density at radius 2 is 2.19 bits per heavy atom. The van der Waals surface area contributed by atoms with Crippen molar-refractivity contribution in [2.24, 2.45) is 0 Å². The highest BCUT2D eigenvalue weighted by Crippen LogP contribution is 2.29. The van der Waals surface area contributed by atoms with Crippen LogP contribution in [0.5, 0.6) is 5.75 Å². The zero-order valence-corrected chi connectivity index (χ0v) is 13.3. The second kappa shape index (κ2) is 7.43. The first kappa shape index (κ1) is 15.8. The van der Waals surface area contributed by atoms with Crippen molar-refractivity contribution in [3.05, 3.63) is 40.2 Å². The molecule has 0 saturated carbocycles. The van der Waals surface area contributed by atoms with Crippen LogP contribution in [0.15, 0.2) is 22.8 Å². The van der Waals surface area contributed by atoms with E-state index in [9.17, 15) is 0 Å². The van der Waals surface area contributed by atoms with Gasteiger partial charge in [0.05, 0.1) is 0 Å². The summed E-state index contributed by atoms with van der Waals surface area (Å²) in [5.41, 5.74) is 2.47. The number of halogens is 1. The van der Waals surface area contributed by atoms with Gasteiger partial charge in [0.1, 0.15) is 23.7 Å². The number of aromatic nitrogens is 2. The van der Waals surface area contributed by atoms with Crippen LogP contribution in [-0.2, 0) is 6.61 Å². The predicted octanol–water partition coefficient (Wildman–Crippen LogP) is 3.67. The Morgan fingerprint density at radius 1 is 1.38 bits per heavy atom. The average molecular weight is 310 g/mol. The lowest BCUT2D eigenvalue weighted by Crippen LogP contribution is -2.20. The highest BCUT2D eigenvalue weighted by Gasteiger charge is 2.13. The number of aryl methyl sites for hydroxylation is 1. The molecule has 1 unspecified atom stereocenters. The molecular formula is C15H20ClN3O2. The van der Waals surface area contributed by atoms with E-state index in [1.54, 1.807) is 0 Å². The van der Waals surface area contributed by atoms with Crippen molar-refractivity contribution in [2.45, 2.75) is 39.8 Å². The molecule has 0 saturated heterocycles. The van der Waals surface area contributed by atoms with Crippen molar-refractivity contribution >= 4 is 11.6 Å². The maximum absolute atomic E-state index is 6.10. The largest absolute Gasteiger partial charge is 0.487 e. The van der Waals surface area contributed by atoms with Gasteiger partial charge in [-0.05, 0) is 45.0 Å². The fourth-order valence-corrected chi connectivity index (χ4v) is 2.17. The van der Waals surface area contributed by atoms with E-state index in [4.69, 9.17) is 16.3 Å². The van der Waals surface area contributed by atoms with Crippen molar-refractivity contribution in [2.75, 3.05) is 6.54 Å². The van der Waals surface area contributed by atoms with Gasteiger partial charge >= 0.3 is 0 Å². The van der Waals surface area contributed by atoms with Gasteiger partial charge < -0.3 is 10.1 Å². The molecule has 0 aliphatic carbocycles. The van der Waals surface area contributed by atoms with Crippen LogP contribution in [0, 0.1) is 6.92 Å². The Labute approximate surface area is 129 Å². The first-order chi connectivity index (χ1) is 10.1. The summed E-state index contributed by atoms with van der Waals surface area (Å²) < 4.78 is 10.5. The first-order valence-corrected chi connectivity index (χ1v) is 7.43. The van der Waals surface area contributed by atoms with Gasteiger partial charge in [-0.1, -0.05) is 28.8 Å². The van der Waals surface area contributed by atoms with Gasteiger partial charge in [0.15, 0.2) is 0 Å². The number of rotatable bonds is 7. The Morgan fingerprint density at radius 3 is 2.86 bits per heavy atom. The molecule has 2 rings (SSSR count). The minimum atomic E-state index is 0.162. The molecule has 0 radical (unpaired) electrons. The van der Waals surface area contributed by atoms with Gasteiger partial charge in [0.2, 0.25) is 0 Å². The Hall–Kier alpha value is -1.59. The van der Waals surface area contributed by atoms with Gasteiger partial charge in [-0.25, -0.2) is 4.63 Å². The van der Waals surface area contributed by atoms with Crippen LogP contribution in [0.3, 0.4) is 0 Å². The molecule has 0 spiro atoms. The summed E-state index contributed by atoms with van der Waals surface area (Å²) in [6.45, 7) is 7.33. The van der Waals surface area contributed by atoms with E-state index in [0.717, 1.165) is 30.0 Å². The van der Waals surface area contributed by atoms with Crippen LogP contribution >= 0.6 is 11.6 Å². The Bertz CT molecular complexity index is 586. The summed E-state index contributed by atoms with van der Waals surface area (Å²) >= 11 is 6.10. The molecule has 0 bridgehead atoms. The molecule has 5 nitrogen and oxygen atoms in total. The van der Waals surface area contributed by atoms with Crippen LogP contribution in [-0.4, -0.2) is 16.9 Å². The van der Waals surface area contributed by atoms with Gasteiger partial charge in [-0.3, -0.25) is 0 Å². The predicted molar refractivity (Wildman–Crippen MR) is 81.5 cm³/mol. The average Bonchev–Trinajstić information content (AvgIpc) is 2.88. The van der Waals surface area contributed by atoms with Crippen molar-refractivity contribution in [3.8, 4) is 5.75 Å². The number of hydrogen-bond donors (Lipinski definition) is 1. The van der Waals surface area contributed by atoms with E-state index in [2.05, 4.69) is 34.1 Å². The highest BCUT2D eigenvalue weighted by molar-refractivity contribution is 6.30. The minimum absolute atomic E-state index is 0.162. The van der Waals surface area contributed by atoms with Crippen LogP contribution in [0.25, 0.3) is 0 Å². The van der Waals surface area contributed by atoms with Gasteiger partial charge in [0, 0.05) is 16.6 Å². The topological polar surface area (TPSA) is 60.2 Å². The summed E-state index contributed by atoms with van der Waals surface area (Å²) in [6.07, 6.45) is 1.07. The number of nitrogens with zero attached hydrogens (tertiary/aromatic N) is 2. The zero-order chi connectivity index (χ0) is 15.2. The van der Waals surface area contributed by atoms with Crippen LogP contribution in [0.1, 0.15) is 43.3 Å². The van der Waals surface area contributed by atoms with Gasteiger partial charge in [-0.2, -0.15) is 0 Å². The van der Waals surface area contributed by atoms with Gasteiger partial charge in [0.25, 0.3) is 0 Å². The minimum Gasteiger partial charge on any atom is -0.487 e. The van der Waals surface area contributed by atoms with E-state index >= 15 is 0 Å². The molecule has 1 aromatic carbocycles. The molecular weight excluding hydrogens is 290 g/mol. The van der Waals surface area contributed by atoms with E-state index in [1.807, 2.05) is 25.1 Å². The Balaban J connectivity index is 2.12. The standard InChI is InChI=1S/C15H20ClN3O2/c1-4-7-17-10(2)13-8-12(16)5-6-15(13)20-9-14-11(3)18-21-19-14/h5-6,8,10,17H,4,7,9H2,1-3H3. The lowest BCUT2D eigenvalue weighted by molar-refractivity contribution is 0.267. The molecule has 0 aliphatic rings. The molecule has 21 heavy (non-hydrogen) atoms. The summed E-state index contributed by atoms with van der Waals surface area (Å²) in [5, 5.41) is 11.7. The lowest BCUT2D eigenvalue weighted by atomic mass is 10.1. The maximum atomic E-state index is 6.10. The van der Waals surface area contributed by atoms with Crippen molar-refractivity contribution < 1.29 is 9.37 Å². The molecule has 0 fully saturated rings. The van der Waals surface area contributed by atoms with Crippen LogP contribution in [0.4, 0.5) is 0 Å². The number of benzene rings is 1. The molecule has 0 amide bonds. The zero-order valence-electron chi connectivity index (χ0n) is 12.5. The molecule has 1 heterocycles. The number of nitrogens with one attached hydrogen (secondary N) is 1. The van der Waals surface area contributed by atoms with E-state index < -0.39 is 0 Å². The fraction of sp³-hybridized carbons (Fsp3) is 0.467. The van der Waals surface area contributed by atoms with E-state index in [-0.39, 0.29) is 6.04 Å². The third-order valence-electron chi connectivity index (χ3n) is 3.25. The third kappa shape index (κ3) is 4.19. The van der Waals surface area contributed by atoms with Crippen molar-refractivity contribution in [1.29, 1.82) is 0 Å². The lowest BCUT2D eigenvalue weighted by Gasteiger charge is -2.18. The molecule has 2 aromatic rings. The van der Waals surface area contributed by atoms with Crippen molar-refractivity contribution in [1.82, 2.24) is 15.6 Å². The maximum Gasteiger partial charge on any atom is 0.145 e. The summed E-state index contributed by atoms with van der Waals surface area (Å²) in [6, 6.07) is 5.79. The van der Waals surface area contributed by atoms with E-state index in [0.29, 0.717) is 17.3 Å². The number of hydrogen-bond acceptors (Lipinski definition) is 5. The summed E-state index contributed by atoms with van der Waals surface area (Å²) in [4.78, 5) is 0. The van der Waals surface area contributed by atoms with E-state index in [1.165, 1.54) is 0 Å². The fourth-order valence-electron chi connectivity index (χ4n) is 1.99. The van der Waals surface area contributed by atoms with Crippen LogP contribution in [0.2, 0.25) is 5.02 Å².